The molecule has 0 N–H and O–H groups in total. The average Bonchev–Trinajstić information content (AvgIpc) is 3.14. The Hall–Kier alpha value is -1.55. The van der Waals surface area contributed by atoms with Crippen molar-refractivity contribution in [1.82, 2.24) is 9.80 Å². The number of hydrogen-bond donors (Lipinski definition) is 0. The molecule has 1 aromatic heterocycles. The first-order chi connectivity index (χ1) is 13.7. The monoisotopic (exact) mass is 410 g/mol. The summed E-state index contributed by atoms with van der Waals surface area (Å²) in [5.74, 6) is 0. The van der Waals surface area contributed by atoms with Crippen LogP contribution in [0.15, 0.2) is 35.2 Å². The van der Waals surface area contributed by atoms with Gasteiger partial charge in [-0.15, -0.1) is 11.3 Å². The van der Waals surface area contributed by atoms with Crippen molar-refractivity contribution in [3.05, 3.63) is 61.8 Å². The lowest BCUT2D eigenvalue weighted by molar-refractivity contribution is 0.313. The van der Waals surface area contributed by atoms with Crippen LogP contribution in [0.3, 0.4) is 0 Å². The van der Waals surface area contributed by atoms with Crippen molar-refractivity contribution >= 4 is 40.3 Å². The number of thiophene rings is 1. The Bertz CT molecular complexity index is 939. The molecule has 0 bridgehead atoms. The van der Waals surface area contributed by atoms with Gasteiger partial charge in [0.15, 0.2) is 0 Å². The Labute approximate surface area is 177 Å². The van der Waals surface area contributed by atoms with Gasteiger partial charge in [0.25, 0.3) is 0 Å². The molecule has 5 rings (SSSR count). The summed E-state index contributed by atoms with van der Waals surface area (Å²) >= 11 is 8.38. The van der Waals surface area contributed by atoms with E-state index in [0.29, 0.717) is 0 Å². The van der Waals surface area contributed by atoms with Crippen LogP contribution in [0, 0.1) is 0 Å². The maximum absolute atomic E-state index is 6.48. The predicted octanol–water partition coefficient (Wildman–Crippen LogP) is 6.23. The number of nitrogens with zero attached hydrogens (tertiary/aromatic N) is 2. The number of likely N-dealkylation sites (tertiary alicyclic amines) is 2. The summed E-state index contributed by atoms with van der Waals surface area (Å²) in [6, 6.07) is 8.79. The number of halogens is 1. The molecule has 0 radical (unpaired) electrons. The molecule has 2 nitrogen and oxygen atoms in total. The SMILES string of the molecule is CN1CCC(=C2c3cc(Cl)ccc3C=C(N3CCCCC3)c3sccc32)CC1. The van der Waals surface area contributed by atoms with E-state index in [0.717, 1.165) is 31.0 Å². The lowest BCUT2D eigenvalue weighted by Crippen LogP contribution is -2.28. The maximum atomic E-state index is 6.48. The first-order valence-corrected chi connectivity index (χ1v) is 11.7. The summed E-state index contributed by atoms with van der Waals surface area (Å²) < 4.78 is 0. The fraction of sp³-hybridized carbons (Fsp3) is 0.417. The van der Waals surface area contributed by atoms with Crippen molar-refractivity contribution in [2.45, 2.75) is 32.1 Å². The summed E-state index contributed by atoms with van der Waals surface area (Å²) in [5.41, 5.74) is 8.51. The average molecular weight is 411 g/mol. The Kier molecular flexibility index (Phi) is 5.08. The van der Waals surface area contributed by atoms with Gasteiger partial charge in [-0.3, -0.25) is 0 Å². The van der Waals surface area contributed by atoms with Crippen molar-refractivity contribution in [2.24, 2.45) is 0 Å². The number of rotatable bonds is 1. The van der Waals surface area contributed by atoms with E-state index in [1.54, 1.807) is 5.57 Å². The number of piperidine rings is 2. The third kappa shape index (κ3) is 3.34. The predicted molar refractivity (Wildman–Crippen MR) is 122 cm³/mol. The number of benzene rings is 1. The number of hydrogen-bond acceptors (Lipinski definition) is 3. The maximum Gasteiger partial charge on any atom is 0.0582 e. The van der Waals surface area contributed by atoms with Crippen LogP contribution in [0.4, 0.5) is 0 Å². The third-order valence-electron chi connectivity index (χ3n) is 6.39. The van der Waals surface area contributed by atoms with Gasteiger partial charge >= 0.3 is 0 Å². The summed E-state index contributed by atoms with van der Waals surface area (Å²) in [4.78, 5) is 6.49. The molecular weight excluding hydrogens is 384 g/mol. The van der Waals surface area contributed by atoms with E-state index < -0.39 is 0 Å². The highest BCUT2D eigenvalue weighted by Crippen LogP contribution is 2.45. The van der Waals surface area contributed by atoms with Gasteiger partial charge in [0.1, 0.15) is 0 Å². The van der Waals surface area contributed by atoms with Crippen LogP contribution < -0.4 is 0 Å². The van der Waals surface area contributed by atoms with Gasteiger partial charge in [0.05, 0.1) is 10.6 Å². The van der Waals surface area contributed by atoms with E-state index in [1.165, 1.54) is 65.2 Å². The number of fused-ring (bicyclic) bond motifs is 2. The van der Waals surface area contributed by atoms with Crippen molar-refractivity contribution in [1.29, 1.82) is 0 Å². The minimum absolute atomic E-state index is 0.830. The summed E-state index contributed by atoms with van der Waals surface area (Å²) in [6.07, 6.45) is 8.67. The largest absolute Gasteiger partial charge is 0.370 e. The van der Waals surface area contributed by atoms with Crippen LogP contribution in [0.1, 0.15) is 53.7 Å². The molecular formula is C24H27ClN2S. The molecule has 146 valence electrons. The lowest BCUT2D eigenvalue weighted by atomic mass is 9.87. The van der Waals surface area contributed by atoms with Crippen LogP contribution in [0.2, 0.25) is 5.02 Å². The Balaban J connectivity index is 1.72. The molecule has 0 saturated carbocycles. The molecule has 28 heavy (non-hydrogen) atoms. The van der Waals surface area contributed by atoms with Crippen LogP contribution >= 0.6 is 22.9 Å². The van der Waals surface area contributed by atoms with Gasteiger partial charge in [0.2, 0.25) is 0 Å². The fourth-order valence-electron chi connectivity index (χ4n) is 4.82. The zero-order valence-electron chi connectivity index (χ0n) is 16.5. The highest BCUT2D eigenvalue weighted by Gasteiger charge is 2.27. The first-order valence-electron chi connectivity index (χ1n) is 10.5. The normalized spacial score (nSPS) is 20.5. The van der Waals surface area contributed by atoms with E-state index in [9.17, 15) is 0 Å². The van der Waals surface area contributed by atoms with Crippen molar-refractivity contribution in [2.75, 3.05) is 33.2 Å². The molecule has 0 spiro atoms. The highest BCUT2D eigenvalue weighted by molar-refractivity contribution is 7.11. The van der Waals surface area contributed by atoms with E-state index in [2.05, 4.69) is 46.5 Å². The van der Waals surface area contributed by atoms with Crippen molar-refractivity contribution in [3.63, 3.8) is 0 Å². The van der Waals surface area contributed by atoms with Gasteiger partial charge < -0.3 is 9.80 Å². The molecule has 2 saturated heterocycles. The standard InChI is InChI=1S/C24H27ClN2S/c1-26-12-7-17(8-13-26)23-20-9-14-28-24(20)22(27-10-3-2-4-11-27)15-18-5-6-19(25)16-21(18)23/h5-6,9,14-16H,2-4,7-8,10-13H2,1H3. The van der Waals surface area contributed by atoms with E-state index in [1.807, 2.05) is 17.4 Å². The summed E-state index contributed by atoms with van der Waals surface area (Å²) in [7, 11) is 2.23. The minimum Gasteiger partial charge on any atom is -0.370 e. The molecule has 0 atom stereocenters. The molecule has 3 aliphatic rings. The molecule has 0 amide bonds. The van der Waals surface area contributed by atoms with E-state index >= 15 is 0 Å². The van der Waals surface area contributed by atoms with Crippen molar-refractivity contribution in [3.8, 4) is 0 Å². The van der Waals surface area contributed by atoms with Crippen LogP contribution in [-0.2, 0) is 0 Å². The van der Waals surface area contributed by atoms with Gasteiger partial charge in [-0.25, -0.2) is 0 Å². The van der Waals surface area contributed by atoms with Gasteiger partial charge in [-0.1, -0.05) is 23.2 Å². The second-order valence-corrected chi connectivity index (χ2v) is 9.61. The molecule has 0 unspecified atom stereocenters. The van der Waals surface area contributed by atoms with E-state index in [4.69, 9.17) is 11.6 Å². The molecule has 1 aromatic carbocycles. The van der Waals surface area contributed by atoms with Crippen molar-refractivity contribution < 1.29 is 0 Å². The Morgan fingerprint density at radius 2 is 1.71 bits per heavy atom. The van der Waals surface area contributed by atoms with Crippen LogP contribution in [-0.4, -0.2) is 43.0 Å². The quantitative estimate of drug-likeness (QED) is 0.550. The topological polar surface area (TPSA) is 6.48 Å². The molecule has 4 heteroatoms. The smallest absolute Gasteiger partial charge is 0.0582 e. The van der Waals surface area contributed by atoms with Crippen LogP contribution in [0.25, 0.3) is 17.3 Å². The zero-order valence-corrected chi connectivity index (χ0v) is 18.1. The first kappa shape index (κ1) is 18.5. The fourth-order valence-corrected chi connectivity index (χ4v) is 5.94. The molecule has 2 aliphatic heterocycles. The molecule has 2 fully saturated rings. The van der Waals surface area contributed by atoms with E-state index in [-0.39, 0.29) is 0 Å². The third-order valence-corrected chi connectivity index (χ3v) is 7.56. The lowest BCUT2D eigenvalue weighted by Gasteiger charge is -2.31. The molecule has 2 aromatic rings. The summed E-state index contributed by atoms with van der Waals surface area (Å²) in [6.45, 7) is 4.62. The second-order valence-electron chi connectivity index (χ2n) is 8.25. The van der Waals surface area contributed by atoms with Crippen LogP contribution in [0.5, 0.6) is 0 Å². The molecule has 3 heterocycles. The highest BCUT2D eigenvalue weighted by atomic mass is 35.5. The second kappa shape index (κ2) is 7.70. The van der Waals surface area contributed by atoms with Gasteiger partial charge in [0, 0.05) is 36.8 Å². The van der Waals surface area contributed by atoms with Gasteiger partial charge in [-0.05, 0) is 85.5 Å². The Morgan fingerprint density at radius 1 is 0.929 bits per heavy atom. The molecule has 1 aliphatic carbocycles. The zero-order chi connectivity index (χ0) is 19.1. The van der Waals surface area contributed by atoms with Gasteiger partial charge in [-0.2, -0.15) is 0 Å². The minimum atomic E-state index is 0.830. The summed E-state index contributed by atoms with van der Waals surface area (Å²) in [5, 5.41) is 3.10. The Morgan fingerprint density at radius 3 is 2.50 bits per heavy atom.